The molecule has 114 valence electrons. The number of aliphatic hydroxyl groups is 1. The molecule has 0 aliphatic rings. The van der Waals surface area contributed by atoms with E-state index in [4.69, 9.17) is 5.11 Å². The van der Waals surface area contributed by atoms with Gasteiger partial charge in [-0.25, -0.2) is 0 Å². The van der Waals surface area contributed by atoms with Gasteiger partial charge in [0.25, 0.3) is 0 Å². The highest BCUT2D eigenvalue weighted by molar-refractivity contribution is 5.24. The zero-order chi connectivity index (χ0) is 14.8. The van der Waals surface area contributed by atoms with Crippen LogP contribution in [-0.2, 0) is 0 Å². The highest BCUT2D eigenvalue weighted by atomic mass is 16.3. The van der Waals surface area contributed by atoms with Crippen molar-refractivity contribution in [2.24, 2.45) is 0 Å². The fourth-order valence-electron chi connectivity index (χ4n) is 2.45. The lowest BCUT2D eigenvalue weighted by molar-refractivity contribution is 0.188. The van der Waals surface area contributed by atoms with E-state index in [-0.39, 0.29) is 6.61 Å². The van der Waals surface area contributed by atoms with Gasteiger partial charge in [0.1, 0.15) is 0 Å². The van der Waals surface area contributed by atoms with Crippen LogP contribution in [0.15, 0.2) is 24.3 Å². The molecule has 0 saturated heterocycles. The number of aryl methyl sites for hydroxylation is 1. The molecule has 3 nitrogen and oxygen atoms in total. The summed E-state index contributed by atoms with van der Waals surface area (Å²) in [4.78, 5) is 2.36. The van der Waals surface area contributed by atoms with E-state index in [9.17, 15) is 0 Å². The topological polar surface area (TPSA) is 35.5 Å². The zero-order valence-electron chi connectivity index (χ0n) is 13.2. The molecule has 0 heterocycles. The number of hydrogen-bond acceptors (Lipinski definition) is 3. The number of benzene rings is 1. The van der Waals surface area contributed by atoms with E-state index in [1.807, 2.05) is 7.05 Å². The van der Waals surface area contributed by atoms with Crippen molar-refractivity contribution in [3.8, 4) is 0 Å². The van der Waals surface area contributed by atoms with Gasteiger partial charge in [-0.05, 0) is 38.9 Å². The average Bonchev–Trinajstić information content (AvgIpc) is 2.47. The van der Waals surface area contributed by atoms with Crippen LogP contribution in [0.4, 0.5) is 0 Å². The van der Waals surface area contributed by atoms with Gasteiger partial charge in [-0.15, -0.1) is 0 Å². The van der Waals surface area contributed by atoms with E-state index in [0.29, 0.717) is 6.04 Å². The third kappa shape index (κ3) is 6.04. The van der Waals surface area contributed by atoms with Gasteiger partial charge in [-0.3, -0.25) is 0 Å². The van der Waals surface area contributed by atoms with Crippen LogP contribution >= 0.6 is 0 Å². The maximum absolute atomic E-state index is 9.15. The molecular formula is C17H30N2O. The van der Waals surface area contributed by atoms with Crippen molar-refractivity contribution in [2.75, 3.05) is 33.3 Å². The Morgan fingerprint density at radius 1 is 1.15 bits per heavy atom. The zero-order valence-corrected chi connectivity index (χ0v) is 13.2. The van der Waals surface area contributed by atoms with Crippen molar-refractivity contribution in [1.82, 2.24) is 10.2 Å². The van der Waals surface area contributed by atoms with Crippen LogP contribution in [0.2, 0.25) is 0 Å². The Morgan fingerprint density at radius 3 is 2.40 bits per heavy atom. The molecule has 0 aromatic heterocycles. The highest BCUT2D eigenvalue weighted by Gasteiger charge is 2.11. The molecule has 20 heavy (non-hydrogen) atoms. The van der Waals surface area contributed by atoms with E-state index in [0.717, 1.165) is 26.1 Å². The van der Waals surface area contributed by atoms with Gasteiger partial charge in [-0.1, -0.05) is 43.2 Å². The number of nitrogens with one attached hydrogen (secondary N) is 1. The predicted molar refractivity (Wildman–Crippen MR) is 86.0 cm³/mol. The summed E-state index contributed by atoms with van der Waals surface area (Å²) in [6.45, 7) is 7.47. The van der Waals surface area contributed by atoms with Crippen molar-refractivity contribution in [2.45, 2.75) is 39.2 Å². The monoisotopic (exact) mass is 278 g/mol. The standard InChI is InChI=1S/C17H30N2O/c1-4-5-11-19(13-14-20)12-10-17(18-3)16-8-6-15(2)7-9-16/h6-9,17-18,20H,4-5,10-14H2,1-3H3. The quantitative estimate of drug-likeness (QED) is 0.691. The molecular weight excluding hydrogens is 248 g/mol. The third-order valence-corrected chi connectivity index (χ3v) is 3.81. The molecule has 0 aliphatic carbocycles. The summed E-state index contributed by atoms with van der Waals surface area (Å²) >= 11 is 0. The van der Waals surface area contributed by atoms with Gasteiger partial charge < -0.3 is 15.3 Å². The van der Waals surface area contributed by atoms with Crippen molar-refractivity contribution >= 4 is 0 Å². The molecule has 0 fully saturated rings. The summed E-state index contributed by atoms with van der Waals surface area (Å²) in [5.41, 5.74) is 2.64. The second-order valence-electron chi connectivity index (χ2n) is 5.46. The summed E-state index contributed by atoms with van der Waals surface area (Å²) in [5.74, 6) is 0. The molecule has 0 radical (unpaired) electrons. The molecule has 1 rings (SSSR count). The molecule has 0 aliphatic heterocycles. The average molecular weight is 278 g/mol. The minimum absolute atomic E-state index is 0.248. The minimum Gasteiger partial charge on any atom is -0.395 e. The number of nitrogens with zero attached hydrogens (tertiary/aromatic N) is 1. The molecule has 0 spiro atoms. The summed E-state index contributed by atoms with van der Waals surface area (Å²) in [6.07, 6.45) is 3.48. The van der Waals surface area contributed by atoms with Crippen molar-refractivity contribution < 1.29 is 5.11 Å². The highest BCUT2D eigenvalue weighted by Crippen LogP contribution is 2.17. The fourth-order valence-corrected chi connectivity index (χ4v) is 2.45. The molecule has 0 bridgehead atoms. The van der Waals surface area contributed by atoms with Crippen molar-refractivity contribution in [3.63, 3.8) is 0 Å². The first kappa shape index (κ1) is 17.2. The van der Waals surface area contributed by atoms with Crippen LogP contribution in [0.1, 0.15) is 43.4 Å². The first-order valence-corrected chi connectivity index (χ1v) is 7.78. The van der Waals surface area contributed by atoms with Crippen molar-refractivity contribution in [1.29, 1.82) is 0 Å². The normalized spacial score (nSPS) is 12.8. The van der Waals surface area contributed by atoms with Crippen LogP contribution in [0.25, 0.3) is 0 Å². The first-order chi connectivity index (χ1) is 9.71. The number of unbranched alkanes of at least 4 members (excludes halogenated alkanes) is 1. The van der Waals surface area contributed by atoms with E-state index >= 15 is 0 Å². The van der Waals surface area contributed by atoms with Gasteiger partial charge in [0, 0.05) is 19.1 Å². The molecule has 0 amide bonds. The van der Waals surface area contributed by atoms with E-state index < -0.39 is 0 Å². The van der Waals surface area contributed by atoms with Gasteiger partial charge in [0.2, 0.25) is 0 Å². The Hall–Kier alpha value is -0.900. The lowest BCUT2D eigenvalue weighted by Gasteiger charge is -2.24. The summed E-state index contributed by atoms with van der Waals surface area (Å²) in [6, 6.07) is 9.14. The Labute approximate surface area is 124 Å². The maximum Gasteiger partial charge on any atom is 0.0558 e. The van der Waals surface area contributed by atoms with Gasteiger partial charge in [0.15, 0.2) is 0 Å². The van der Waals surface area contributed by atoms with Crippen LogP contribution in [0.5, 0.6) is 0 Å². The third-order valence-electron chi connectivity index (χ3n) is 3.81. The summed E-state index contributed by atoms with van der Waals surface area (Å²) in [5, 5.41) is 12.6. The Kier molecular flexibility index (Phi) is 8.51. The number of rotatable bonds is 10. The number of aliphatic hydroxyl groups excluding tert-OH is 1. The smallest absolute Gasteiger partial charge is 0.0558 e. The number of hydrogen-bond donors (Lipinski definition) is 2. The largest absolute Gasteiger partial charge is 0.395 e. The lowest BCUT2D eigenvalue weighted by Crippen LogP contribution is -2.31. The minimum atomic E-state index is 0.248. The van der Waals surface area contributed by atoms with Gasteiger partial charge >= 0.3 is 0 Å². The molecule has 1 aromatic rings. The molecule has 1 aromatic carbocycles. The summed E-state index contributed by atoms with van der Waals surface area (Å²) < 4.78 is 0. The predicted octanol–water partition coefficient (Wildman–Crippen LogP) is 2.74. The van der Waals surface area contributed by atoms with E-state index in [1.165, 1.54) is 24.0 Å². The van der Waals surface area contributed by atoms with Crippen LogP contribution in [0, 0.1) is 6.92 Å². The Bertz CT molecular complexity index is 351. The van der Waals surface area contributed by atoms with Gasteiger partial charge in [-0.2, -0.15) is 0 Å². The second-order valence-corrected chi connectivity index (χ2v) is 5.46. The second kappa shape index (κ2) is 9.92. The molecule has 2 N–H and O–H groups in total. The Morgan fingerprint density at radius 2 is 1.85 bits per heavy atom. The summed E-state index contributed by atoms with van der Waals surface area (Å²) in [7, 11) is 2.02. The maximum atomic E-state index is 9.15. The van der Waals surface area contributed by atoms with Gasteiger partial charge in [0.05, 0.1) is 6.61 Å². The molecule has 3 heteroatoms. The molecule has 0 saturated carbocycles. The SMILES string of the molecule is CCCCN(CCO)CCC(NC)c1ccc(C)cc1. The van der Waals surface area contributed by atoms with Crippen LogP contribution < -0.4 is 5.32 Å². The van der Waals surface area contributed by atoms with E-state index in [1.54, 1.807) is 0 Å². The van der Waals surface area contributed by atoms with Crippen LogP contribution in [-0.4, -0.2) is 43.3 Å². The lowest BCUT2D eigenvalue weighted by atomic mass is 10.0. The fraction of sp³-hybridized carbons (Fsp3) is 0.647. The molecule has 1 unspecified atom stereocenters. The van der Waals surface area contributed by atoms with Crippen LogP contribution in [0.3, 0.4) is 0 Å². The van der Waals surface area contributed by atoms with E-state index in [2.05, 4.69) is 48.3 Å². The molecule has 1 atom stereocenters. The van der Waals surface area contributed by atoms with Crippen molar-refractivity contribution in [3.05, 3.63) is 35.4 Å². The Balaban J connectivity index is 2.51. The first-order valence-electron chi connectivity index (χ1n) is 7.78.